The summed E-state index contributed by atoms with van der Waals surface area (Å²) >= 11 is 6.15. The van der Waals surface area contributed by atoms with Crippen molar-refractivity contribution < 1.29 is 9.34 Å². The van der Waals surface area contributed by atoms with Crippen LogP contribution in [0.15, 0.2) is 34.7 Å². The number of nitrogens with zero attached hydrogens (tertiary/aromatic N) is 2. The van der Waals surface area contributed by atoms with Crippen molar-refractivity contribution in [1.29, 1.82) is 0 Å². The van der Waals surface area contributed by atoms with Gasteiger partial charge in [-0.1, -0.05) is 11.6 Å². The van der Waals surface area contributed by atoms with Gasteiger partial charge in [-0.05, 0) is 25.1 Å². The van der Waals surface area contributed by atoms with Crippen molar-refractivity contribution in [2.75, 3.05) is 19.6 Å². The molecule has 0 bridgehead atoms. The van der Waals surface area contributed by atoms with E-state index in [0.717, 1.165) is 31.9 Å². The number of nitro groups is 1. The third-order valence-electron chi connectivity index (χ3n) is 3.92. The zero-order valence-electron chi connectivity index (χ0n) is 13.2. The fourth-order valence-electron chi connectivity index (χ4n) is 2.80. The van der Waals surface area contributed by atoms with E-state index < -0.39 is 4.92 Å². The van der Waals surface area contributed by atoms with Gasteiger partial charge in [0.15, 0.2) is 0 Å². The number of furan rings is 1. The van der Waals surface area contributed by atoms with E-state index in [2.05, 4.69) is 17.1 Å². The van der Waals surface area contributed by atoms with Crippen LogP contribution in [0.4, 0.5) is 5.69 Å². The lowest BCUT2D eigenvalue weighted by Gasteiger charge is -2.31. The summed E-state index contributed by atoms with van der Waals surface area (Å²) < 4.78 is 5.87. The van der Waals surface area contributed by atoms with E-state index in [-0.39, 0.29) is 18.1 Å². The molecule has 1 N–H and O–H groups in total. The molecule has 0 unspecified atom stereocenters. The van der Waals surface area contributed by atoms with Crippen LogP contribution >= 0.6 is 24.0 Å². The Balaban J connectivity index is 0.00000208. The van der Waals surface area contributed by atoms with Gasteiger partial charge in [0.25, 0.3) is 5.69 Å². The second-order valence-corrected chi connectivity index (χ2v) is 6.18. The van der Waals surface area contributed by atoms with Crippen LogP contribution in [-0.4, -0.2) is 35.5 Å². The zero-order chi connectivity index (χ0) is 16.4. The van der Waals surface area contributed by atoms with Crippen LogP contribution in [0.25, 0.3) is 11.3 Å². The Morgan fingerprint density at radius 3 is 2.88 bits per heavy atom. The maximum absolute atomic E-state index is 10.8. The normalized spacial score (nSPS) is 18.2. The predicted molar refractivity (Wildman–Crippen MR) is 95.8 cm³/mol. The van der Waals surface area contributed by atoms with Gasteiger partial charge >= 0.3 is 0 Å². The standard InChI is InChI=1S/C16H18ClN3O3.ClH/c1-11-9-19(7-6-18-11)10-13-3-5-16(23-13)14-4-2-12(20(21)22)8-15(14)17;/h2-5,8,11,18H,6-7,9-10H2,1H3;1H/t11-;/m1./s1. The van der Waals surface area contributed by atoms with Crippen molar-refractivity contribution in [2.24, 2.45) is 0 Å². The van der Waals surface area contributed by atoms with Crippen LogP contribution in [0.5, 0.6) is 0 Å². The van der Waals surface area contributed by atoms with Crippen LogP contribution in [0.3, 0.4) is 0 Å². The maximum atomic E-state index is 10.8. The van der Waals surface area contributed by atoms with Crippen LogP contribution in [0.2, 0.25) is 5.02 Å². The maximum Gasteiger partial charge on any atom is 0.270 e. The molecular weight excluding hydrogens is 353 g/mol. The highest BCUT2D eigenvalue weighted by Crippen LogP contribution is 2.32. The first-order chi connectivity index (χ1) is 11.0. The predicted octanol–water partition coefficient (Wildman–Crippen LogP) is 3.72. The van der Waals surface area contributed by atoms with E-state index in [1.54, 1.807) is 6.07 Å². The summed E-state index contributed by atoms with van der Waals surface area (Å²) in [4.78, 5) is 12.6. The van der Waals surface area contributed by atoms with Crippen LogP contribution in [0, 0.1) is 10.1 Å². The van der Waals surface area contributed by atoms with Crippen LogP contribution < -0.4 is 5.32 Å². The first kappa shape index (κ1) is 18.7. The topological polar surface area (TPSA) is 71.5 Å². The first-order valence-electron chi connectivity index (χ1n) is 7.51. The summed E-state index contributed by atoms with van der Waals surface area (Å²) in [6.07, 6.45) is 0. The van der Waals surface area contributed by atoms with E-state index in [4.69, 9.17) is 16.0 Å². The third kappa shape index (κ3) is 4.27. The Bertz CT molecular complexity index is 720. The van der Waals surface area contributed by atoms with E-state index >= 15 is 0 Å². The minimum Gasteiger partial charge on any atom is -0.460 e. The molecule has 8 heteroatoms. The Hall–Kier alpha value is -1.60. The minimum atomic E-state index is -0.464. The van der Waals surface area contributed by atoms with E-state index in [9.17, 15) is 10.1 Å². The van der Waals surface area contributed by atoms with Gasteiger partial charge in [0, 0.05) is 43.4 Å². The second kappa shape index (κ2) is 7.98. The molecule has 1 saturated heterocycles. The second-order valence-electron chi connectivity index (χ2n) is 5.78. The van der Waals surface area contributed by atoms with Gasteiger partial charge in [-0.15, -0.1) is 12.4 Å². The minimum absolute atomic E-state index is 0. The molecule has 1 aliphatic rings. The molecule has 0 spiro atoms. The highest BCUT2D eigenvalue weighted by atomic mass is 35.5. The molecule has 1 aliphatic heterocycles. The van der Waals surface area contributed by atoms with E-state index in [0.29, 0.717) is 22.4 Å². The fourth-order valence-corrected chi connectivity index (χ4v) is 3.07. The molecule has 3 rings (SSSR count). The summed E-state index contributed by atoms with van der Waals surface area (Å²) in [7, 11) is 0. The lowest BCUT2D eigenvalue weighted by Crippen LogP contribution is -2.48. The molecule has 0 aliphatic carbocycles. The number of halogens is 2. The molecule has 1 aromatic carbocycles. The van der Waals surface area contributed by atoms with Crippen molar-refractivity contribution in [1.82, 2.24) is 10.2 Å². The lowest BCUT2D eigenvalue weighted by atomic mass is 10.1. The smallest absolute Gasteiger partial charge is 0.270 e. The molecule has 1 atom stereocenters. The number of non-ortho nitro benzene ring substituents is 1. The molecule has 24 heavy (non-hydrogen) atoms. The van der Waals surface area contributed by atoms with Crippen LogP contribution in [-0.2, 0) is 6.54 Å². The Kier molecular flexibility index (Phi) is 6.23. The number of hydrogen-bond donors (Lipinski definition) is 1. The van der Waals surface area contributed by atoms with E-state index in [1.165, 1.54) is 12.1 Å². The first-order valence-corrected chi connectivity index (χ1v) is 7.89. The van der Waals surface area contributed by atoms with Crippen molar-refractivity contribution in [3.8, 4) is 11.3 Å². The Morgan fingerprint density at radius 2 is 2.21 bits per heavy atom. The Morgan fingerprint density at radius 1 is 1.42 bits per heavy atom. The lowest BCUT2D eigenvalue weighted by molar-refractivity contribution is -0.384. The van der Waals surface area contributed by atoms with Crippen molar-refractivity contribution in [3.63, 3.8) is 0 Å². The molecule has 130 valence electrons. The average molecular weight is 372 g/mol. The molecule has 2 aromatic rings. The molecular formula is C16H19Cl2N3O3. The van der Waals surface area contributed by atoms with Gasteiger partial charge in [-0.3, -0.25) is 15.0 Å². The largest absolute Gasteiger partial charge is 0.460 e. The summed E-state index contributed by atoms with van der Waals surface area (Å²) in [6, 6.07) is 8.66. The SMILES string of the molecule is C[C@@H]1CN(Cc2ccc(-c3ccc([N+](=O)[O-])cc3Cl)o2)CCN1.Cl. The number of nitro benzene ring substituents is 1. The zero-order valence-corrected chi connectivity index (χ0v) is 14.8. The number of hydrogen-bond acceptors (Lipinski definition) is 5. The summed E-state index contributed by atoms with van der Waals surface area (Å²) in [5.41, 5.74) is 0.637. The fraction of sp³-hybridized carbons (Fsp3) is 0.375. The number of rotatable bonds is 4. The molecule has 0 saturated carbocycles. The van der Waals surface area contributed by atoms with Gasteiger partial charge in [0.1, 0.15) is 11.5 Å². The molecule has 6 nitrogen and oxygen atoms in total. The van der Waals surface area contributed by atoms with Gasteiger partial charge in [0.2, 0.25) is 0 Å². The number of benzene rings is 1. The highest BCUT2D eigenvalue weighted by Gasteiger charge is 2.18. The molecule has 1 aromatic heterocycles. The summed E-state index contributed by atoms with van der Waals surface area (Å²) in [5, 5.41) is 14.5. The summed E-state index contributed by atoms with van der Waals surface area (Å²) in [6.45, 7) is 5.85. The van der Waals surface area contributed by atoms with Gasteiger partial charge < -0.3 is 9.73 Å². The highest BCUT2D eigenvalue weighted by molar-refractivity contribution is 6.33. The van der Waals surface area contributed by atoms with Crippen LogP contribution in [0.1, 0.15) is 12.7 Å². The van der Waals surface area contributed by atoms with Gasteiger partial charge in [-0.2, -0.15) is 0 Å². The van der Waals surface area contributed by atoms with Gasteiger partial charge in [-0.25, -0.2) is 0 Å². The molecule has 2 heterocycles. The molecule has 0 amide bonds. The number of piperazine rings is 1. The third-order valence-corrected chi connectivity index (χ3v) is 4.24. The number of nitrogens with one attached hydrogen (secondary N) is 1. The van der Waals surface area contributed by atoms with Gasteiger partial charge in [0.05, 0.1) is 16.5 Å². The quantitative estimate of drug-likeness (QED) is 0.654. The van der Waals surface area contributed by atoms with Crippen molar-refractivity contribution in [3.05, 3.63) is 51.2 Å². The van der Waals surface area contributed by atoms with Crippen molar-refractivity contribution >= 4 is 29.7 Å². The van der Waals surface area contributed by atoms with Crippen molar-refractivity contribution in [2.45, 2.75) is 19.5 Å². The molecule has 1 fully saturated rings. The average Bonchev–Trinajstić information content (AvgIpc) is 2.95. The summed E-state index contributed by atoms with van der Waals surface area (Å²) in [5.74, 6) is 1.49. The van der Waals surface area contributed by atoms with E-state index in [1.807, 2.05) is 12.1 Å². The molecule has 0 radical (unpaired) electrons. The Labute approximate surface area is 151 Å². The monoisotopic (exact) mass is 371 g/mol.